The molecule has 7 heteroatoms. The number of hydrogen-bond donors (Lipinski definition) is 0. The van der Waals surface area contributed by atoms with Crippen molar-refractivity contribution in [1.82, 2.24) is 14.5 Å². The average Bonchev–Trinajstić information content (AvgIpc) is 2.83. The van der Waals surface area contributed by atoms with Crippen LogP contribution in [0.15, 0.2) is 53.6 Å². The molecule has 0 bridgehead atoms. The van der Waals surface area contributed by atoms with E-state index in [-0.39, 0.29) is 5.56 Å². The Morgan fingerprint density at radius 2 is 1.88 bits per heavy atom. The van der Waals surface area contributed by atoms with Crippen LogP contribution in [0.3, 0.4) is 0 Å². The van der Waals surface area contributed by atoms with Gasteiger partial charge < -0.3 is 9.64 Å². The molecule has 0 radical (unpaired) electrons. The van der Waals surface area contributed by atoms with Crippen molar-refractivity contribution in [2.24, 2.45) is 0 Å². The van der Waals surface area contributed by atoms with E-state index in [9.17, 15) is 4.79 Å². The first kappa shape index (κ1) is 21.4. The molecule has 2 fully saturated rings. The van der Waals surface area contributed by atoms with Gasteiger partial charge in [0.1, 0.15) is 0 Å². The van der Waals surface area contributed by atoms with Crippen molar-refractivity contribution < 1.29 is 4.74 Å². The number of anilines is 1. The fourth-order valence-electron chi connectivity index (χ4n) is 4.98. The molecule has 1 atom stereocenters. The average molecular weight is 453 g/mol. The summed E-state index contributed by atoms with van der Waals surface area (Å²) in [5, 5.41) is 1.35. The first-order valence-electron chi connectivity index (χ1n) is 11.4. The fraction of sp³-hybridized carbons (Fsp3) is 0.440. The van der Waals surface area contributed by atoms with Crippen LogP contribution in [-0.2, 0) is 11.3 Å². The molecule has 32 heavy (non-hydrogen) atoms. The van der Waals surface area contributed by atoms with Gasteiger partial charge in [-0.2, -0.15) is 0 Å². The molecule has 2 aromatic carbocycles. The van der Waals surface area contributed by atoms with Crippen molar-refractivity contribution in [2.75, 3.05) is 37.7 Å². The van der Waals surface area contributed by atoms with E-state index >= 15 is 0 Å². The summed E-state index contributed by atoms with van der Waals surface area (Å²) in [6.45, 7) is 7.54. The topological polar surface area (TPSA) is 50.6 Å². The second kappa shape index (κ2) is 9.22. The summed E-state index contributed by atoms with van der Waals surface area (Å²) in [6, 6.07) is 14.7. The maximum Gasteiger partial charge on any atom is 0.261 e. The SMILES string of the molecule is CC1CN(C2CCOCC2)CCN1c1ccc2ncn(Cc3ccc(Cl)cc3)c(=O)c2c1. The lowest BCUT2D eigenvalue weighted by atomic mass is 10.0. The molecule has 1 unspecified atom stereocenters. The Morgan fingerprint density at radius 3 is 2.62 bits per heavy atom. The highest BCUT2D eigenvalue weighted by Crippen LogP contribution is 2.26. The molecular formula is C25H29ClN4O2. The number of fused-ring (bicyclic) bond motifs is 1. The zero-order valence-corrected chi connectivity index (χ0v) is 19.2. The van der Waals surface area contributed by atoms with E-state index in [1.807, 2.05) is 36.4 Å². The van der Waals surface area contributed by atoms with E-state index in [1.54, 1.807) is 10.9 Å². The van der Waals surface area contributed by atoms with E-state index in [1.165, 1.54) is 0 Å². The highest BCUT2D eigenvalue weighted by molar-refractivity contribution is 6.30. The van der Waals surface area contributed by atoms with Crippen LogP contribution in [0.25, 0.3) is 10.9 Å². The largest absolute Gasteiger partial charge is 0.381 e. The van der Waals surface area contributed by atoms with E-state index in [0.29, 0.717) is 29.0 Å². The van der Waals surface area contributed by atoms with Crippen molar-refractivity contribution in [1.29, 1.82) is 0 Å². The Balaban J connectivity index is 1.37. The lowest BCUT2D eigenvalue weighted by molar-refractivity contribution is 0.0280. The summed E-state index contributed by atoms with van der Waals surface area (Å²) >= 11 is 5.99. The second-order valence-corrected chi connectivity index (χ2v) is 9.32. The maximum atomic E-state index is 13.2. The molecule has 0 aliphatic carbocycles. The highest BCUT2D eigenvalue weighted by atomic mass is 35.5. The highest BCUT2D eigenvalue weighted by Gasteiger charge is 2.29. The van der Waals surface area contributed by atoms with Gasteiger partial charge in [-0.05, 0) is 55.7 Å². The predicted octanol–water partition coefficient (Wildman–Crippen LogP) is 3.79. The molecule has 5 rings (SSSR count). The number of aromatic nitrogens is 2. The Bertz CT molecular complexity index is 1140. The van der Waals surface area contributed by atoms with Gasteiger partial charge in [-0.25, -0.2) is 4.98 Å². The van der Waals surface area contributed by atoms with Crippen molar-refractivity contribution in [3.8, 4) is 0 Å². The number of ether oxygens (including phenoxy) is 1. The zero-order chi connectivity index (χ0) is 22.1. The summed E-state index contributed by atoms with van der Waals surface area (Å²) in [5.41, 5.74) is 2.84. The number of rotatable bonds is 4. The van der Waals surface area contributed by atoms with Crippen LogP contribution < -0.4 is 10.5 Å². The minimum Gasteiger partial charge on any atom is -0.381 e. The van der Waals surface area contributed by atoms with Crippen molar-refractivity contribution >= 4 is 28.2 Å². The summed E-state index contributed by atoms with van der Waals surface area (Å²) < 4.78 is 7.20. The van der Waals surface area contributed by atoms with Crippen LogP contribution in [0.1, 0.15) is 25.3 Å². The van der Waals surface area contributed by atoms with Gasteiger partial charge in [0, 0.05) is 55.6 Å². The minimum atomic E-state index is -0.0136. The Kier molecular flexibility index (Phi) is 6.17. The molecule has 0 saturated carbocycles. The standard InChI is InChI=1S/C25H29ClN4O2/c1-18-15-28(21-8-12-32-13-9-21)10-11-30(18)22-6-7-24-23(14-22)25(31)29(17-27-24)16-19-2-4-20(26)5-3-19/h2-7,14,17-18,21H,8-13,15-16H2,1H3. The van der Waals surface area contributed by atoms with Gasteiger partial charge in [-0.1, -0.05) is 23.7 Å². The van der Waals surface area contributed by atoms with Crippen LogP contribution in [-0.4, -0.2) is 59.4 Å². The second-order valence-electron chi connectivity index (χ2n) is 8.89. The molecule has 3 aromatic rings. The van der Waals surface area contributed by atoms with Crippen molar-refractivity contribution in [2.45, 2.75) is 38.4 Å². The molecule has 1 aromatic heterocycles. The normalized spacial score (nSPS) is 20.7. The lowest BCUT2D eigenvalue weighted by Gasteiger charge is -2.45. The molecule has 2 aliphatic heterocycles. The molecular weight excluding hydrogens is 424 g/mol. The summed E-state index contributed by atoms with van der Waals surface area (Å²) in [4.78, 5) is 22.8. The van der Waals surface area contributed by atoms with Gasteiger partial charge in [0.25, 0.3) is 5.56 Å². The summed E-state index contributed by atoms with van der Waals surface area (Å²) in [6.07, 6.45) is 3.89. The third-order valence-electron chi connectivity index (χ3n) is 6.77. The van der Waals surface area contributed by atoms with Crippen LogP contribution in [0, 0.1) is 0 Å². The predicted molar refractivity (Wildman–Crippen MR) is 129 cm³/mol. The quantitative estimate of drug-likeness (QED) is 0.602. The first-order chi connectivity index (χ1) is 15.6. The fourth-order valence-corrected chi connectivity index (χ4v) is 5.10. The van der Waals surface area contributed by atoms with Gasteiger partial charge in [-0.3, -0.25) is 14.3 Å². The van der Waals surface area contributed by atoms with Gasteiger partial charge >= 0.3 is 0 Å². The Morgan fingerprint density at radius 1 is 1.09 bits per heavy atom. The number of hydrogen-bond acceptors (Lipinski definition) is 5. The molecule has 2 aliphatic rings. The number of nitrogens with zero attached hydrogens (tertiary/aromatic N) is 4. The lowest BCUT2D eigenvalue weighted by Crippen LogP contribution is -2.55. The van der Waals surface area contributed by atoms with E-state index in [4.69, 9.17) is 16.3 Å². The number of benzene rings is 2. The number of piperazine rings is 1. The van der Waals surface area contributed by atoms with Gasteiger partial charge in [0.05, 0.1) is 23.8 Å². The maximum absolute atomic E-state index is 13.2. The van der Waals surface area contributed by atoms with E-state index < -0.39 is 0 Å². The third-order valence-corrected chi connectivity index (χ3v) is 7.02. The van der Waals surface area contributed by atoms with Crippen LogP contribution in [0.5, 0.6) is 0 Å². The van der Waals surface area contributed by atoms with Gasteiger partial charge in [-0.15, -0.1) is 0 Å². The molecule has 0 N–H and O–H groups in total. The molecule has 0 spiro atoms. The van der Waals surface area contributed by atoms with Gasteiger partial charge in [0.15, 0.2) is 0 Å². The smallest absolute Gasteiger partial charge is 0.261 e. The van der Waals surface area contributed by atoms with E-state index in [2.05, 4.69) is 27.8 Å². The molecule has 0 amide bonds. The van der Waals surface area contributed by atoms with Crippen LogP contribution >= 0.6 is 11.6 Å². The Labute approximate surface area is 193 Å². The van der Waals surface area contributed by atoms with E-state index in [0.717, 1.165) is 62.5 Å². The van der Waals surface area contributed by atoms with Crippen LogP contribution in [0.2, 0.25) is 5.02 Å². The summed E-state index contributed by atoms with van der Waals surface area (Å²) in [5.74, 6) is 0. The van der Waals surface area contributed by atoms with Crippen molar-refractivity contribution in [3.05, 3.63) is 69.7 Å². The molecule has 2 saturated heterocycles. The van der Waals surface area contributed by atoms with Crippen molar-refractivity contribution in [3.63, 3.8) is 0 Å². The first-order valence-corrected chi connectivity index (χ1v) is 11.8. The zero-order valence-electron chi connectivity index (χ0n) is 18.4. The third kappa shape index (κ3) is 4.40. The van der Waals surface area contributed by atoms with Crippen LogP contribution in [0.4, 0.5) is 5.69 Å². The molecule has 168 valence electrons. The summed E-state index contributed by atoms with van der Waals surface area (Å²) in [7, 11) is 0. The minimum absolute atomic E-state index is 0.0136. The molecule has 3 heterocycles. The monoisotopic (exact) mass is 452 g/mol. The Hall–Kier alpha value is -2.41. The molecule has 6 nitrogen and oxygen atoms in total. The van der Waals surface area contributed by atoms with Gasteiger partial charge in [0.2, 0.25) is 0 Å². The number of halogens is 1.